The third-order valence-corrected chi connectivity index (χ3v) is 3.08. The quantitative estimate of drug-likeness (QED) is 0.602. The Morgan fingerprint density at radius 3 is 2.12 bits per heavy atom. The minimum absolute atomic E-state index is 0.214. The number of hydrogen-bond acceptors (Lipinski definition) is 4. The Bertz CT molecular complexity index is 656. The van der Waals surface area contributed by atoms with Crippen molar-refractivity contribution < 1.29 is 19.1 Å². The molecule has 0 unspecified atom stereocenters. The Morgan fingerprint density at radius 2 is 1.50 bits per heavy atom. The molecule has 2 rings (SSSR count). The summed E-state index contributed by atoms with van der Waals surface area (Å²) < 4.78 is 10.2. The maximum Gasteiger partial charge on any atom is 0.338 e. The second-order valence-corrected chi connectivity index (χ2v) is 4.86. The largest absolute Gasteiger partial charge is 0.460 e. The van der Waals surface area contributed by atoms with Crippen LogP contribution in [0.1, 0.15) is 17.3 Å². The number of nitrogens with one attached hydrogen (secondary N) is 2. The number of benzene rings is 2. The van der Waals surface area contributed by atoms with E-state index in [1.54, 1.807) is 36.4 Å². The highest BCUT2D eigenvalue weighted by molar-refractivity contribution is 6.00. The fourth-order valence-corrected chi connectivity index (χ4v) is 1.93. The van der Waals surface area contributed by atoms with E-state index >= 15 is 0 Å². The van der Waals surface area contributed by atoms with E-state index in [2.05, 4.69) is 10.6 Å². The maximum atomic E-state index is 11.9. The molecule has 0 aromatic heterocycles. The minimum Gasteiger partial charge on any atom is -0.460 e. The van der Waals surface area contributed by atoms with Gasteiger partial charge in [-0.3, -0.25) is 0 Å². The van der Waals surface area contributed by atoms with Gasteiger partial charge in [-0.25, -0.2) is 9.59 Å². The van der Waals surface area contributed by atoms with Crippen LogP contribution in [-0.2, 0) is 9.47 Å². The Hall–Kier alpha value is -2.86. The van der Waals surface area contributed by atoms with E-state index in [-0.39, 0.29) is 12.6 Å². The van der Waals surface area contributed by atoms with Gasteiger partial charge in [-0.15, -0.1) is 0 Å². The molecule has 24 heavy (non-hydrogen) atoms. The van der Waals surface area contributed by atoms with Crippen molar-refractivity contribution in [1.29, 1.82) is 0 Å². The number of carbonyl (C=O) groups excluding carboxylic acids is 2. The normalized spacial score (nSPS) is 10.0. The van der Waals surface area contributed by atoms with Crippen LogP contribution >= 0.6 is 0 Å². The average Bonchev–Trinajstić information content (AvgIpc) is 2.60. The first-order chi connectivity index (χ1) is 11.7. The summed E-state index contributed by atoms with van der Waals surface area (Å²) in [5, 5.41) is 5.41. The van der Waals surface area contributed by atoms with Crippen molar-refractivity contribution in [2.75, 3.05) is 30.5 Å². The molecule has 0 saturated carbocycles. The van der Waals surface area contributed by atoms with Crippen LogP contribution in [0.2, 0.25) is 0 Å². The molecular weight excluding hydrogens is 308 g/mol. The monoisotopic (exact) mass is 328 g/mol. The van der Waals surface area contributed by atoms with Gasteiger partial charge in [0, 0.05) is 18.0 Å². The van der Waals surface area contributed by atoms with Gasteiger partial charge in [0.15, 0.2) is 0 Å². The van der Waals surface area contributed by atoms with Gasteiger partial charge in [0.05, 0.1) is 12.2 Å². The highest BCUT2D eigenvalue weighted by Crippen LogP contribution is 2.12. The molecule has 0 bridgehead atoms. The number of rotatable bonds is 7. The SMILES string of the molecule is CCOCCOC(=O)c1ccc(NC(=O)Nc2ccccc2)cc1. The van der Waals surface area contributed by atoms with Crippen molar-refractivity contribution in [1.82, 2.24) is 0 Å². The molecule has 2 N–H and O–H groups in total. The van der Waals surface area contributed by atoms with Crippen molar-refractivity contribution in [3.8, 4) is 0 Å². The van der Waals surface area contributed by atoms with Crippen molar-refractivity contribution in [3.63, 3.8) is 0 Å². The summed E-state index contributed by atoms with van der Waals surface area (Å²) >= 11 is 0. The van der Waals surface area contributed by atoms with Crippen LogP contribution in [0.3, 0.4) is 0 Å². The van der Waals surface area contributed by atoms with E-state index in [0.29, 0.717) is 30.2 Å². The van der Waals surface area contributed by atoms with Crippen molar-refractivity contribution >= 4 is 23.4 Å². The predicted octanol–water partition coefficient (Wildman–Crippen LogP) is 3.52. The van der Waals surface area contributed by atoms with Crippen LogP contribution < -0.4 is 10.6 Å². The summed E-state index contributed by atoms with van der Waals surface area (Å²) in [5.74, 6) is -0.421. The third kappa shape index (κ3) is 5.73. The number of carbonyl (C=O) groups is 2. The molecule has 0 spiro atoms. The van der Waals surface area contributed by atoms with Crippen LogP contribution in [0, 0.1) is 0 Å². The number of esters is 1. The number of amides is 2. The fraction of sp³-hybridized carbons (Fsp3) is 0.222. The second kappa shape index (κ2) is 9.32. The van der Waals surface area contributed by atoms with Crippen LogP contribution in [0.4, 0.5) is 16.2 Å². The second-order valence-electron chi connectivity index (χ2n) is 4.86. The maximum absolute atomic E-state index is 11.9. The minimum atomic E-state index is -0.421. The lowest BCUT2D eigenvalue weighted by Gasteiger charge is -2.08. The molecule has 2 aromatic carbocycles. The molecule has 0 heterocycles. The van der Waals surface area contributed by atoms with E-state index in [1.165, 1.54) is 0 Å². The summed E-state index contributed by atoms with van der Waals surface area (Å²) in [5.41, 5.74) is 1.69. The molecule has 0 fully saturated rings. The predicted molar refractivity (Wildman–Crippen MR) is 92.3 cm³/mol. The van der Waals surface area contributed by atoms with Crippen molar-refractivity contribution in [2.45, 2.75) is 6.92 Å². The summed E-state index contributed by atoms with van der Waals surface area (Å²) in [7, 11) is 0. The van der Waals surface area contributed by atoms with Gasteiger partial charge in [0.1, 0.15) is 6.61 Å². The van der Waals surface area contributed by atoms with Gasteiger partial charge < -0.3 is 20.1 Å². The lowest BCUT2D eigenvalue weighted by molar-refractivity contribution is 0.0335. The van der Waals surface area contributed by atoms with Gasteiger partial charge >= 0.3 is 12.0 Å². The summed E-state index contributed by atoms with van der Waals surface area (Å²) in [4.78, 5) is 23.7. The lowest BCUT2D eigenvalue weighted by Crippen LogP contribution is -2.19. The molecular formula is C18H20N2O4. The van der Waals surface area contributed by atoms with Crippen LogP contribution in [-0.4, -0.2) is 31.8 Å². The molecule has 0 saturated heterocycles. The summed E-state index contributed by atoms with van der Waals surface area (Å²) in [6.45, 7) is 3.05. The molecule has 0 aliphatic heterocycles. The van der Waals surface area contributed by atoms with Crippen LogP contribution in [0.15, 0.2) is 54.6 Å². The average molecular weight is 328 g/mol. The Morgan fingerprint density at radius 1 is 0.875 bits per heavy atom. The van der Waals surface area contributed by atoms with Crippen molar-refractivity contribution in [3.05, 3.63) is 60.2 Å². The zero-order valence-corrected chi connectivity index (χ0v) is 13.5. The first kappa shape index (κ1) is 17.5. The Kier molecular flexibility index (Phi) is 6.79. The Labute approximate surface area is 140 Å². The number of para-hydroxylation sites is 1. The highest BCUT2D eigenvalue weighted by Gasteiger charge is 2.08. The van der Waals surface area contributed by atoms with E-state index in [9.17, 15) is 9.59 Å². The van der Waals surface area contributed by atoms with Gasteiger partial charge in [0.2, 0.25) is 0 Å². The lowest BCUT2D eigenvalue weighted by atomic mass is 10.2. The fourth-order valence-electron chi connectivity index (χ4n) is 1.93. The number of ether oxygens (including phenoxy) is 2. The number of hydrogen-bond donors (Lipinski definition) is 2. The topological polar surface area (TPSA) is 76.7 Å². The molecule has 0 radical (unpaired) electrons. The van der Waals surface area contributed by atoms with E-state index < -0.39 is 5.97 Å². The third-order valence-electron chi connectivity index (χ3n) is 3.08. The standard InChI is InChI=1S/C18H20N2O4/c1-2-23-12-13-24-17(21)14-8-10-16(11-9-14)20-18(22)19-15-6-4-3-5-7-15/h3-11H,2,12-13H2,1H3,(H2,19,20,22). The van der Waals surface area contributed by atoms with Crippen LogP contribution in [0.25, 0.3) is 0 Å². The van der Waals surface area contributed by atoms with E-state index in [0.717, 1.165) is 0 Å². The Balaban J connectivity index is 1.83. The van der Waals surface area contributed by atoms with E-state index in [1.807, 2.05) is 25.1 Å². The highest BCUT2D eigenvalue weighted by atomic mass is 16.6. The van der Waals surface area contributed by atoms with E-state index in [4.69, 9.17) is 9.47 Å². The molecule has 2 amide bonds. The molecule has 126 valence electrons. The molecule has 0 atom stereocenters. The van der Waals surface area contributed by atoms with Crippen molar-refractivity contribution in [2.24, 2.45) is 0 Å². The number of anilines is 2. The molecule has 0 aliphatic rings. The smallest absolute Gasteiger partial charge is 0.338 e. The van der Waals surface area contributed by atoms with Gasteiger partial charge in [-0.05, 0) is 43.3 Å². The molecule has 0 aliphatic carbocycles. The number of urea groups is 1. The summed E-state index contributed by atoms with van der Waals surface area (Å²) in [6.07, 6.45) is 0. The van der Waals surface area contributed by atoms with Crippen LogP contribution in [0.5, 0.6) is 0 Å². The van der Waals surface area contributed by atoms with Gasteiger partial charge in [-0.2, -0.15) is 0 Å². The molecule has 6 heteroatoms. The van der Waals surface area contributed by atoms with Gasteiger partial charge in [-0.1, -0.05) is 18.2 Å². The van der Waals surface area contributed by atoms with Gasteiger partial charge in [0.25, 0.3) is 0 Å². The summed E-state index contributed by atoms with van der Waals surface area (Å²) in [6, 6.07) is 15.3. The zero-order chi connectivity index (χ0) is 17.2. The zero-order valence-electron chi connectivity index (χ0n) is 13.5. The first-order valence-corrected chi connectivity index (χ1v) is 7.67. The molecule has 6 nitrogen and oxygen atoms in total. The first-order valence-electron chi connectivity index (χ1n) is 7.67. The molecule has 2 aromatic rings.